The third kappa shape index (κ3) is 4.39. The molecule has 1 spiro atoms. The van der Waals surface area contributed by atoms with Gasteiger partial charge in [0.25, 0.3) is 5.91 Å². The van der Waals surface area contributed by atoms with E-state index in [1.807, 2.05) is 0 Å². The zero-order chi connectivity index (χ0) is 20.5. The number of amides is 1. The molecule has 29 heavy (non-hydrogen) atoms. The summed E-state index contributed by atoms with van der Waals surface area (Å²) in [6.45, 7) is 2.73. The minimum atomic E-state index is -3.70. The first-order chi connectivity index (χ1) is 13.9. The minimum absolute atomic E-state index is 0.0876. The second-order valence-corrected chi connectivity index (χ2v) is 9.71. The number of carbonyl (C=O) groups excluding carboxylic acids is 1. The van der Waals surface area contributed by atoms with Crippen LogP contribution in [0.1, 0.15) is 36.0 Å². The molecule has 1 amide bonds. The molecule has 10 heteroatoms. The highest BCUT2D eigenvalue weighted by Gasteiger charge is 2.40. The lowest BCUT2D eigenvalue weighted by molar-refractivity contribution is 0.0668. The predicted octanol–water partition coefficient (Wildman–Crippen LogP) is 0.246. The highest BCUT2D eigenvalue weighted by atomic mass is 32.2. The Morgan fingerprint density at radius 2 is 2.14 bits per heavy atom. The van der Waals surface area contributed by atoms with E-state index >= 15 is 0 Å². The van der Waals surface area contributed by atoms with Crippen LogP contribution in [0.25, 0.3) is 0 Å². The molecule has 3 aliphatic heterocycles. The summed E-state index contributed by atoms with van der Waals surface area (Å²) in [7, 11) is -3.70. The summed E-state index contributed by atoms with van der Waals surface area (Å²) < 4.78 is 33.3. The van der Waals surface area contributed by atoms with Crippen molar-refractivity contribution in [2.45, 2.75) is 42.2 Å². The Bertz CT molecular complexity index is 890. The number of ether oxygens (including phenoxy) is 1. The van der Waals surface area contributed by atoms with Crippen LogP contribution in [0.15, 0.2) is 29.2 Å². The van der Waals surface area contributed by atoms with E-state index < -0.39 is 10.0 Å². The molecule has 9 nitrogen and oxygen atoms in total. The van der Waals surface area contributed by atoms with Crippen LogP contribution in [0.4, 0.5) is 0 Å². The Hall–Kier alpha value is -2.17. The van der Waals surface area contributed by atoms with E-state index in [4.69, 9.17) is 10.1 Å². The fourth-order valence-electron chi connectivity index (χ4n) is 4.12. The zero-order valence-corrected chi connectivity index (χ0v) is 17.1. The van der Waals surface area contributed by atoms with E-state index in [-0.39, 0.29) is 29.0 Å². The normalized spacial score (nSPS) is 23.8. The van der Waals surface area contributed by atoms with E-state index in [1.54, 1.807) is 17.0 Å². The summed E-state index contributed by atoms with van der Waals surface area (Å²) >= 11 is 0. The lowest BCUT2D eigenvalue weighted by atomic mass is 9.88. The Morgan fingerprint density at radius 1 is 1.34 bits per heavy atom. The van der Waals surface area contributed by atoms with Crippen molar-refractivity contribution in [1.29, 1.82) is 5.41 Å². The molecule has 4 rings (SSSR count). The number of hydrogen-bond acceptors (Lipinski definition) is 5. The van der Waals surface area contributed by atoms with Gasteiger partial charge in [-0.15, -0.1) is 0 Å². The summed E-state index contributed by atoms with van der Waals surface area (Å²) in [6.07, 6.45) is 3.20. The number of benzene rings is 1. The van der Waals surface area contributed by atoms with Crippen molar-refractivity contribution in [2.75, 3.05) is 32.8 Å². The fraction of sp³-hybridized carbons (Fsp3) is 0.579. The summed E-state index contributed by atoms with van der Waals surface area (Å²) in [4.78, 5) is 14.8. The number of guanidine groups is 1. The van der Waals surface area contributed by atoms with Gasteiger partial charge in [0, 0.05) is 38.3 Å². The monoisotopic (exact) mass is 421 g/mol. The molecule has 1 unspecified atom stereocenters. The summed E-state index contributed by atoms with van der Waals surface area (Å²) in [6, 6.07) is 6.19. The first-order valence-electron chi connectivity index (χ1n) is 9.98. The predicted molar refractivity (Wildman–Crippen MR) is 107 cm³/mol. The molecule has 3 fully saturated rings. The number of nitrogens with one attached hydrogen (secondary N) is 4. The maximum absolute atomic E-state index is 12.9. The van der Waals surface area contributed by atoms with Crippen LogP contribution in [0, 0.1) is 5.41 Å². The largest absolute Gasteiger partial charge is 0.377 e. The van der Waals surface area contributed by atoms with Crippen molar-refractivity contribution in [3.63, 3.8) is 0 Å². The Morgan fingerprint density at radius 3 is 2.79 bits per heavy atom. The van der Waals surface area contributed by atoms with Crippen molar-refractivity contribution in [1.82, 2.24) is 20.3 Å². The molecule has 3 aliphatic rings. The number of carbonyl (C=O) groups is 1. The van der Waals surface area contributed by atoms with E-state index in [0.29, 0.717) is 37.8 Å². The molecule has 3 saturated heterocycles. The van der Waals surface area contributed by atoms with Crippen LogP contribution < -0.4 is 15.4 Å². The maximum atomic E-state index is 12.9. The first kappa shape index (κ1) is 20.1. The highest BCUT2D eigenvalue weighted by molar-refractivity contribution is 7.89. The number of likely N-dealkylation sites (tertiary alicyclic amines) is 1. The number of rotatable bonds is 5. The van der Waals surface area contributed by atoms with Crippen LogP contribution in [-0.4, -0.2) is 69.6 Å². The Kier molecular flexibility index (Phi) is 5.50. The topological polar surface area (TPSA) is 124 Å². The summed E-state index contributed by atoms with van der Waals surface area (Å²) in [5, 5.41) is 13.8. The smallest absolute Gasteiger partial charge is 0.253 e. The van der Waals surface area contributed by atoms with Gasteiger partial charge < -0.3 is 20.3 Å². The van der Waals surface area contributed by atoms with Gasteiger partial charge in [-0.2, -0.15) is 0 Å². The van der Waals surface area contributed by atoms with Crippen LogP contribution in [0.3, 0.4) is 0 Å². The summed E-state index contributed by atoms with van der Waals surface area (Å²) in [5.41, 5.74) is 0.205. The van der Waals surface area contributed by atoms with Gasteiger partial charge in [0.15, 0.2) is 5.96 Å². The molecule has 3 heterocycles. The average molecular weight is 422 g/mol. The number of nitrogens with zero attached hydrogens (tertiary/aromatic N) is 1. The standard InChI is InChI=1S/C19H27N5O4S/c20-18-21-13-19(23-18)6-8-24(9-7-19)17(25)14-3-1-5-16(11-14)29(26,27)22-12-15-4-2-10-28-15/h1,3,5,11,15,22H,2,4,6-10,12-13H2,(H3,20,21,23). The zero-order valence-electron chi connectivity index (χ0n) is 16.2. The fourth-order valence-corrected chi connectivity index (χ4v) is 5.23. The van der Waals surface area contributed by atoms with E-state index in [2.05, 4.69) is 15.4 Å². The Labute approximate surface area is 170 Å². The lowest BCUT2D eigenvalue weighted by Gasteiger charge is -2.38. The van der Waals surface area contributed by atoms with Gasteiger partial charge in [0.2, 0.25) is 10.0 Å². The van der Waals surface area contributed by atoms with E-state index in [9.17, 15) is 13.2 Å². The van der Waals surface area contributed by atoms with E-state index in [1.165, 1.54) is 12.1 Å². The van der Waals surface area contributed by atoms with E-state index in [0.717, 1.165) is 25.7 Å². The number of piperidine rings is 1. The van der Waals surface area contributed by atoms with Crippen molar-refractivity contribution < 1.29 is 17.9 Å². The van der Waals surface area contributed by atoms with Crippen LogP contribution in [-0.2, 0) is 14.8 Å². The van der Waals surface area contributed by atoms with Gasteiger partial charge in [0.1, 0.15) is 0 Å². The second kappa shape index (κ2) is 7.92. The van der Waals surface area contributed by atoms with Gasteiger partial charge in [0.05, 0.1) is 16.5 Å². The third-order valence-corrected chi connectivity index (χ3v) is 7.34. The molecule has 158 valence electrons. The van der Waals surface area contributed by atoms with Crippen LogP contribution in [0.5, 0.6) is 0 Å². The van der Waals surface area contributed by atoms with Crippen molar-refractivity contribution in [2.24, 2.45) is 0 Å². The first-order valence-corrected chi connectivity index (χ1v) is 11.5. The van der Waals surface area contributed by atoms with Gasteiger partial charge in [-0.25, -0.2) is 13.1 Å². The maximum Gasteiger partial charge on any atom is 0.253 e. The molecular formula is C19H27N5O4S. The quantitative estimate of drug-likeness (QED) is 0.540. The Balaban J connectivity index is 1.40. The van der Waals surface area contributed by atoms with Crippen molar-refractivity contribution >= 4 is 21.9 Å². The van der Waals surface area contributed by atoms with Crippen LogP contribution >= 0.6 is 0 Å². The molecule has 1 aromatic carbocycles. The van der Waals surface area contributed by atoms with Crippen molar-refractivity contribution in [3.05, 3.63) is 29.8 Å². The lowest BCUT2D eigenvalue weighted by Crippen LogP contribution is -2.53. The van der Waals surface area contributed by atoms with Gasteiger partial charge >= 0.3 is 0 Å². The van der Waals surface area contributed by atoms with Gasteiger partial charge in [-0.05, 0) is 43.9 Å². The van der Waals surface area contributed by atoms with Crippen LogP contribution in [0.2, 0.25) is 0 Å². The molecule has 4 N–H and O–H groups in total. The number of hydrogen-bond donors (Lipinski definition) is 4. The SMILES string of the molecule is N=C1NCC2(CCN(C(=O)c3cccc(S(=O)(=O)NCC4CCCO4)c3)CC2)N1. The summed E-state index contributed by atoms with van der Waals surface area (Å²) in [5.74, 6) is 0.162. The van der Waals surface area contributed by atoms with Gasteiger partial charge in [-0.1, -0.05) is 6.07 Å². The molecule has 0 bridgehead atoms. The second-order valence-electron chi connectivity index (χ2n) is 7.94. The molecule has 0 radical (unpaired) electrons. The third-order valence-electron chi connectivity index (χ3n) is 5.92. The molecule has 1 atom stereocenters. The molecular weight excluding hydrogens is 394 g/mol. The molecule has 0 aromatic heterocycles. The highest BCUT2D eigenvalue weighted by Crippen LogP contribution is 2.25. The van der Waals surface area contributed by atoms with Crippen molar-refractivity contribution in [3.8, 4) is 0 Å². The number of sulfonamides is 1. The minimum Gasteiger partial charge on any atom is -0.377 e. The molecule has 1 aromatic rings. The van der Waals surface area contributed by atoms with Gasteiger partial charge in [-0.3, -0.25) is 10.2 Å². The average Bonchev–Trinajstić information content (AvgIpc) is 3.37. The molecule has 0 saturated carbocycles. The molecule has 0 aliphatic carbocycles.